The Labute approximate surface area is 172 Å². The summed E-state index contributed by atoms with van der Waals surface area (Å²) in [5.74, 6) is 0.476. The Hall–Kier alpha value is -2.34. The summed E-state index contributed by atoms with van der Waals surface area (Å²) in [5, 5.41) is 4.26. The molecule has 0 bridgehead atoms. The van der Waals surface area contributed by atoms with Crippen molar-refractivity contribution in [3.05, 3.63) is 36.0 Å². The maximum Gasteiger partial charge on any atom is 0.246 e. The van der Waals surface area contributed by atoms with Gasteiger partial charge < -0.3 is 20.1 Å². The first kappa shape index (κ1) is 20.0. The number of carbonyl (C=O) groups excluding carboxylic acids is 2. The molecule has 1 spiro atoms. The van der Waals surface area contributed by atoms with Crippen LogP contribution in [0.3, 0.4) is 0 Å². The highest BCUT2D eigenvalue weighted by molar-refractivity contribution is 6.00. The Morgan fingerprint density at radius 2 is 1.90 bits per heavy atom. The predicted octanol–water partition coefficient (Wildman–Crippen LogP) is 2.55. The third-order valence-electron chi connectivity index (χ3n) is 6.61. The van der Waals surface area contributed by atoms with Crippen molar-refractivity contribution in [2.24, 2.45) is 5.92 Å². The molecule has 29 heavy (non-hydrogen) atoms. The fourth-order valence-corrected chi connectivity index (χ4v) is 4.89. The van der Waals surface area contributed by atoms with Crippen molar-refractivity contribution in [2.45, 2.75) is 51.1 Å². The van der Waals surface area contributed by atoms with E-state index in [-0.39, 0.29) is 11.8 Å². The number of benzene rings is 1. The number of aromatic nitrogens is 1. The van der Waals surface area contributed by atoms with Crippen molar-refractivity contribution in [1.29, 1.82) is 0 Å². The van der Waals surface area contributed by atoms with E-state index < -0.39 is 11.6 Å². The topological polar surface area (TPSA) is 68.4 Å². The van der Waals surface area contributed by atoms with Gasteiger partial charge in [-0.3, -0.25) is 9.59 Å². The van der Waals surface area contributed by atoms with E-state index in [1.807, 2.05) is 23.2 Å². The van der Waals surface area contributed by atoms with Crippen molar-refractivity contribution < 1.29 is 9.59 Å². The third-order valence-corrected chi connectivity index (χ3v) is 6.61. The van der Waals surface area contributed by atoms with Gasteiger partial charge in [-0.1, -0.05) is 32.0 Å². The lowest BCUT2D eigenvalue weighted by Crippen LogP contribution is -2.73. The fraction of sp³-hybridized carbons (Fsp3) is 0.565. The number of carbonyl (C=O) groups is 2. The van der Waals surface area contributed by atoms with Gasteiger partial charge in [-0.15, -0.1) is 0 Å². The number of likely N-dealkylation sites (tertiary alicyclic amines) is 1. The van der Waals surface area contributed by atoms with Crippen molar-refractivity contribution >= 4 is 22.7 Å². The first-order chi connectivity index (χ1) is 13.9. The summed E-state index contributed by atoms with van der Waals surface area (Å²) in [5.41, 5.74) is 1.60. The number of aromatic amines is 1. The second-order valence-corrected chi connectivity index (χ2v) is 9.09. The lowest BCUT2D eigenvalue weighted by atomic mass is 9.81. The lowest BCUT2D eigenvalue weighted by molar-refractivity contribution is -0.161. The molecule has 1 atom stereocenters. The second kappa shape index (κ2) is 7.82. The SMILES string of the molecule is CC(C)CC1NC(=O)C2(CCN(C)CC2)N(CCc2c[nH]c3ccccc23)C1=O. The van der Waals surface area contributed by atoms with Gasteiger partial charge in [0.25, 0.3) is 0 Å². The minimum Gasteiger partial charge on any atom is -0.361 e. The summed E-state index contributed by atoms with van der Waals surface area (Å²) in [7, 11) is 2.08. The van der Waals surface area contributed by atoms with Gasteiger partial charge in [-0.2, -0.15) is 0 Å². The predicted molar refractivity (Wildman–Crippen MR) is 115 cm³/mol. The zero-order valence-corrected chi connectivity index (χ0v) is 17.7. The first-order valence-electron chi connectivity index (χ1n) is 10.8. The summed E-state index contributed by atoms with van der Waals surface area (Å²) in [6.07, 6.45) is 4.86. The highest BCUT2D eigenvalue weighted by Crippen LogP contribution is 2.34. The van der Waals surface area contributed by atoms with Crippen LogP contribution in [0.25, 0.3) is 10.9 Å². The molecule has 2 saturated heterocycles. The van der Waals surface area contributed by atoms with Gasteiger partial charge in [0.1, 0.15) is 11.6 Å². The number of piperazine rings is 1. The number of nitrogens with zero attached hydrogens (tertiary/aromatic N) is 2. The molecule has 1 unspecified atom stereocenters. The molecule has 156 valence electrons. The maximum atomic E-state index is 13.5. The number of fused-ring (bicyclic) bond motifs is 1. The zero-order chi connectivity index (χ0) is 20.6. The smallest absolute Gasteiger partial charge is 0.246 e. The van der Waals surface area contributed by atoms with Crippen molar-refractivity contribution in [2.75, 3.05) is 26.7 Å². The summed E-state index contributed by atoms with van der Waals surface area (Å²) in [6.45, 7) is 6.43. The van der Waals surface area contributed by atoms with E-state index in [2.05, 4.69) is 48.2 Å². The molecule has 1 aromatic carbocycles. The normalized spacial score (nSPS) is 22.6. The summed E-state index contributed by atoms with van der Waals surface area (Å²) >= 11 is 0. The van der Waals surface area contributed by atoms with E-state index in [9.17, 15) is 9.59 Å². The highest BCUT2D eigenvalue weighted by atomic mass is 16.2. The molecule has 0 radical (unpaired) electrons. The van der Waals surface area contributed by atoms with Crippen LogP contribution in [0.1, 0.15) is 38.7 Å². The summed E-state index contributed by atoms with van der Waals surface area (Å²) < 4.78 is 0. The molecule has 3 heterocycles. The van der Waals surface area contributed by atoms with Crippen LogP contribution in [-0.2, 0) is 16.0 Å². The van der Waals surface area contributed by atoms with Gasteiger partial charge in [0.15, 0.2) is 0 Å². The fourth-order valence-electron chi connectivity index (χ4n) is 4.89. The molecular weight excluding hydrogens is 364 g/mol. The van der Waals surface area contributed by atoms with Crippen LogP contribution >= 0.6 is 0 Å². The second-order valence-electron chi connectivity index (χ2n) is 9.09. The standard InChI is InChI=1S/C23H32N4O2/c1-16(2)14-20-21(28)27(23(22(29)25-20)9-12-26(3)13-10-23)11-8-17-15-24-19-7-5-4-6-18(17)19/h4-7,15-16,20,24H,8-14H2,1-3H3,(H,25,29). The molecule has 6 heteroatoms. The maximum absolute atomic E-state index is 13.5. The number of hydrogen-bond acceptors (Lipinski definition) is 3. The van der Waals surface area contributed by atoms with E-state index in [1.165, 1.54) is 10.9 Å². The first-order valence-corrected chi connectivity index (χ1v) is 10.8. The number of nitrogens with one attached hydrogen (secondary N) is 2. The molecule has 2 aliphatic rings. The zero-order valence-electron chi connectivity index (χ0n) is 17.7. The Balaban J connectivity index is 1.61. The number of rotatable bonds is 5. The average molecular weight is 397 g/mol. The van der Waals surface area contributed by atoms with Gasteiger partial charge >= 0.3 is 0 Å². The minimum atomic E-state index is -0.705. The van der Waals surface area contributed by atoms with Gasteiger partial charge in [-0.25, -0.2) is 0 Å². The largest absolute Gasteiger partial charge is 0.361 e. The van der Waals surface area contributed by atoms with Crippen LogP contribution in [-0.4, -0.2) is 64.9 Å². The van der Waals surface area contributed by atoms with E-state index >= 15 is 0 Å². The van der Waals surface area contributed by atoms with Crippen LogP contribution in [0.2, 0.25) is 0 Å². The van der Waals surface area contributed by atoms with Crippen LogP contribution in [0.5, 0.6) is 0 Å². The summed E-state index contributed by atoms with van der Waals surface area (Å²) in [6, 6.07) is 7.83. The Morgan fingerprint density at radius 1 is 1.17 bits per heavy atom. The molecule has 2 aromatic rings. The lowest BCUT2D eigenvalue weighted by Gasteiger charge is -2.51. The Kier molecular flexibility index (Phi) is 5.38. The quantitative estimate of drug-likeness (QED) is 0.816. The van der Waals surface area contributed by atoms with Gasteiger partial charge in [0, 0.05) is 36.7 Å². The molecule has 4 rings (SSSR count). The van der Waals surface area contributed by atoms with E-state index in [4.69, 9.17) is 0 Å². The number of H-pyrrole nitrogens is 1. The number of hydrogen-bond donors (Lipinski definition) is 2. The molecule has 2 amide bonds. The van der Waals surface area contributed by atoms with Crippen LogP contribution < -0.4 is 5.32 Å². The van der Waals surface area contributed by atoms with Crippen molar-refractivity contribution in [1.82, 2.24) is 20.1 Å². The molecular formula is C23H32N4O2. The van der Waals surface area contributed by atoms with Crippen LogP contribution in [0.4, 0.5) is 0 Å². The van der Waals surface area contributed by atoms with Gasteiger partial charge in [0.05, 0.1) is 0 Å². The Morgan fingerprint density at radius 3 is 2.62 bits per heavy atom. The van der Waals surface area contributed by atoms with Crippen LogP contribution in [0, 0.1) is 5.92 Å². The molecule has 6 nitrogen and oxygen atoms in total. The van der Waals surface area contributed by atoms with Crippen molar-refractivity contribution in [3.8, 4) is 0 Å². The van der Waals surface area contributed by atoms with Gasteiger partial charge in [0.2, 0.25) is 11.8 Å². The number of piperidine rings is 1. The summed E-state index contributed by atoms with van der Waals surface area (Å²) in [4.78, 5) is 34.2. The average Bonchev–Trinajstić information content (AvgIpc) is 3.11. The van der Waals surface area contributed by atoms with Crippen LogP contribution in [0.15, 0.2) is 30.5 Å². The number of para-hydroxylation sites is 1. The van der Waals surface area contributed by atoms with E-state index in [0.717, 1.165) is 25.0 Å². The molecule has 0 saturated carbocycles. The van der Waals surface area contributed by atoms with Gasteiger partial charge in [-0.05, 0) is 50.3 Å². The van der Waals surface area contributed by atoms with E-state index in [1.54, 1.807) is 0 Å². The highest BCUT2D eigenvalue weighted by Gasteiger charge is 2.53. The number of amides is 2. The molecule has 2 fully saturated rings. The minimum absolute atomic E-state index is 0.0368. The Bertz CT molecular complexity index is 895. The molecule has 0 aliphatic carbocycles. The third kappa shape index (κ3) is 3.66. The molecule has 1 aromatic heterocycles. The molecule has 2 N–H and O–H groups in total. The van der Waals surface area contributed by atoms with Crippen molar-refractivity contribution in [3.63, 3.8) is 0 Å². The molecule has 2 aliphatic heterocycles. The van der Waals surface area contributed by atoms with E-state index in [0.29, 0.717) is 31.7 Å². The monoisotopic (exact) mass is 396 g/mol.